The van der Waals surface area contributed by atoms with Crippen LogP contribution in [0.15, 0.2) is 48.5 Å². The van der Waals surface area contributed by atoms with E-state index in [-0.39, 0.29) is 18.5 Å². The second kappa shape index (κ2) is 12.6. The molecular weight excluding hydrogens is 511 g/mol. The largest absolute Gasteiger partial charge is 0.352 e. The van der Waals surface area contributed by atoms with Crippen molar-refractivity contribution in [3.63, 3.8) is 0 Å². The number of hydrogen-bond acceptors (Lipinski definition) is 4. The van der Waals surface area contributed by atoms with Gasteiger partial charge in [-0.3, -0.25) is 9.59 Å². The van der Waals surface area contributed by atoms with Gasteiger partial charge >= 0.3 is 10.2 Å². The minimum absolute atomic E-state index is 0.0372. The monoisotopic (exact) mass is 542 g/mol. The third-order valence-corrected chi connectivity index (χ3v) is 8.13. The molecule has 0 aromatic heterocycles. The molecule has 2 rings (SSSR count). The van der Waals surface area contributed by atoms with Gasteiger partial charge in [-0.15, -0.1) is 0 Å². The summed E-state index contributed by atoms with van der Waals surface area (Å²) in [6.45, 7) is 4.97. The zero-order valence-corrected chi connectivity index (χ0v) is 22.9. The molecule has 2 amide bonds. The SMILES string of the molecule is CCC(C)NC(=O)C(C)N(Cc1ccc(Cl)c(Cl)c1)C(=O)CN(c1ccccc1)S(=O)(=O)N(C)C. The molecule has 0 spiro atoms. The Labute approximate surface area is 218 Å². The fourth-order valence-corrected chi connectivity index (χ4v) is 4.57. The summed E-state index contributed by atoms with van der Waals surface area (Å²) in [7, 11) is -1.21. The maximum Gasteiger partial charge on any atom is 0.304 e. The van der Waals surface area contributed by atoms with Gasteiger partial charge in [-0.05, 0) is 50.1 Å². The van der Waals surface area contributed by atoms with Crippen LogP contribution in [0.1, 0.15) is 32.8 Å². The summed E-state index contributed by atoms with van der Waals surface area (Å²) in [6, 6.07) is 12.3. The molecule has 0 aliphatic heterocycles. The van der Waals surface area contributed by atoms with E-state index in [1.165, 1.54) is 19.0 Å². The predicted octanol–water partition coefficient (Wildman–Crippen LogP) is 3.94. The molecule has 192 valence electrons. The zero-order chi connectivity index (χ0) is 26.3. The Morgan fingerprint density at radius 1 is 1.00 bits per heavy atom. The van der Waals surface area contributed by atoms with E-state index >= 15 is 0 Å². The first-order valence-corrected chi connectivity index (χ1v) is 13.3. The van der Waals surface area contributed by atoms with Gasteiger partial charge < -0.3 is 10.2 Å². The van der Waals surface area contributed by atoms with Gasteiger partial charge in [-0.2, -0.15) is 12.7 Å². The quantitative estimate of drug-likeness (QED) is 0.465. The van der Waals surface area contributed by atoms with Gasteiger partial charge in [-0.1, -0.05) is 54.4 Å². The maximum absolute atomic E-state index is 13.6. The van der Waals surface area contributed by atoms with Crippen molar-refractivity contribution >= 4 is 50.9 Å². The zero-order valence-electron chi connectivity index (χ0n) is 20.5. The molecule has 8 nitrogen and oxygen atoms in total. The van der Waals surface area contributed by atoms with E-state index in [0.717, 1.165) is 15.0 Å². The average Bonchev–Trinajstić information content (AvgIpc) is 2.82. The van der Waals surface area contributed by atoms with E-state index < -0.39 is 28.7 Å². The molecule has 2 atom stereocenters. The number of nitrogens with one attached hydrogen (secondary N) is 1. The first kappa shape index (κ1) is 28.9. The van der Waals surface area contributed by atoms with Gasteiger partial charge in [0.1, 0.15) is 12.6 Å². The highest BCUT2D eigenvalue weighted by molar-refractivity contribution is 7.90. The molecule has 0 saturated heterocycles. The molecule has 35 heavy (non-hydrogen) atoms. The number of carbonyl (C=O) groups excluding carboxylic acids is 2. The highest BCUT2D eigenvalue weighted by Crippen LogP contribution is 2.25. The van der Waals surface area contributed by atoms with Crippen LogP contribution >= 0.6 is 23.2 Å². The first-order valence-electron chi connectivity index (χ1n) is 11.2. The average molecular weight is 544 g/mol. The molecule has 11 heteroatoms. The summed E-state index contributed by atoms with van der Waals surface area (Å²) < 4.78 is 28.2. The Balaban J connectivity index is 2.44. The minimum atomic E-state index is -3.99. The van der Waals surface area contributed by atoms with Crippen molar-refractivity contribution in [2.24, 2.45) is 0 Å². The van der Waals surface area contributed by atoms with Crippen molar-refractivity contribution in [3.8, 4) is 0 Å². The van der Waals surface area contributed by atoms with Crippen molar-refractivity contribution in [2.75, 3.05) is 24.9 Å². The number of hydrogen-bond donors (Lipinski definition) is 1. The van der Waals surface area contributed by atoms with Crippen LogP contribution in [0.3, 0.4) is 0 Å². The number of halogens is 2. The third kappa shape index (κ3) is 7.57. The lowest BCUT2D eigenvalue weighted by Crippen LogP contribution is -2.53. The third-order valence-electron chi connectivity index (χ3n) is 5.57. The van der Waals surface area contributed by atoms with Gasteiger partial charge in [0.2, 0.25) is 11.8 Å². The molecule has 2 aromatic carbocycles. The Morgan fingerprint density at radius 2 is 1.63 bits per heavy atom. The van der Waals surface area contributed by atoms with Crippen LogP contribution in [0.4, 0.5) is 5.69 Å². The van der Waals surface area contributed by atoms with Crippen LogP contribution in [0.2, 0.25) is 10.0 Å². The minimum Gasteiger partial charge on any atom is -0.352 e. The fourth-order valence-electron chi connectivity index (χ4n) is 3.19. The van der Waals surface area contributed by atoms with Crippen LogP contribution in [0.5, 0.6) is 0 Å². The molecule has 0 heterocycles. The fraction of sp³-hybridized carbons (Fsp3) is 0.417. The highest BCUT2D eigenvalue weighted by Gasteiger charge is 2.32. The first-order chi connectivity index (χ1) is 16.4. The van der Waals surface area contributed by atoms with Gasteiger partial charge in [0.25, 0.3) is 0 Å². The molecular formula is C24H32Cl2N4O4S. The van der Waals surface area contributed by atoms with Gasteiger partial charge in [0.05, 0.1) is 15.7 Å². The molecule has 0 fully saturated rings. The second-order valence-electron chi connectivity index (χ2n) is 8.40. The lowest BCUT2D eigenvalue weighted by molar-refractivity contribution is -0.139. The summed E-state index contributed by atoms with van der Waals surface area (Å²) in [5, 5.41) is 3.56. The van der Waals surface area contributed by atoms with Crippen molar-refractivity contribution in [1.29, 1.82) is 0 Å². The maximum atomic E-state index is 13.6. The number of nitrogens with zero attached hydrogens (tertiary/aromatic N) is 3. The van der Waals surface area contributed by atoms with Crippen molar-refractivity contribution in [2.45, 2.75) is 45.8 Å². The molecule has 0 radical (unpaired) electrons. The van der Waals surface area contributed by atoms with E-state index in [2.05, 4.69) is 5.32 Å². The van der Waals surface area contributed by atoms with Gasteiger partial charge in [0, 0.05) is 26.7 Å². The second-order valence-corrected chi connectivity index (χ2v) is 11.3. The van der Waals surface area contributed by atoms with Crippen LogP contribution in [-0.4, -0.2) is 62.2 Å². The van der Waals surface area contributed by atoms with Crippen LogP contribution in [0, 0.1) is 0 Å². The van der Waals surface area contributed by atoms with E-state index in [0.29, 0.717) is 21.3 Å². The van der Waals surface area contributed by atoms with E-state index in [4.69, 9.17) is 23.2 Å². The Bertz CT molecular complexity index is 1130. The number of anilines is 1. The lowest BCUT2D eigenvalue weighted by Gasteiger charge is -2.33. The topological polar surface area (TPSA) is 90.0 Å². The summed E-state index contributed by atoms with van der Waals surface area (Å²) in [5.41, 5.74) is 0.985. The van der Waals surface area contributed by atoms with Crippen molar-refractivity contribution in [3.05, 3.63) is 64.1 Å². The summed E-state index contributed by atoms with van der Waals surface area (Å²) in [4.78, 5) is 27.9. The summed E-state index contributed by atoms with van der Waals surface area (Å²) in [5.74, 6) is -0.883. The van der Waals surface area contributed by atoms with Gasteiger partial charge in [-0.25, -0.2) is 4.31 Å². The molecule has 0 aliphatic rings. The molecule has 0 aliphatic carbocycles. The Kier molecular flexibility index (Phi) is 10.4. The van der Waals surface area contributed by atoms with Crippen molar-refractivity contribution in [1.82, 2.24) is 14.5 Å². The van der Waals surface area contributed by atoms with Crippen LogP contribution in [0.25, 0.3) is 0 Å². The standard InChI is InChI=1S/C24H32Cl2N4O4S/c1-6-17(2)27-24(32)18(3)29(15-19-12-13-21(25)22(26)14-19)23(31)16-30(35(33,34)28(4)5)20-10-8-7-9-11-20/h7-14,17-18H,6,15-16H2,1-5H3,(H,27,32). The molecule has 0 saturated carbocycles. The van der Waals surface area contributed by atoms with Crippen LogP contribution < -0.4 is 9.62 Å². The Hall–Kier alpha value is -2.33. The number of amides is 2. The predicted molar refractivity (Wildman–Crippen MR) is 141 cm³/mol. The molecule has 1 N–H and O–H groups in total. The van der Waals surface area contributed by atoms with Crippen LogP contribution in [-0.2, 0) is 26.3 Å². The van der Waals surface area contributed by atoms with Gasteiger partial charge in [0.15, 0.2) is 0 Å². The number of rotatable bonds is 11. The highest BCUT2D eigenvalue weighted by atomic mass is 35.5. The van der Waals surface area contributed by atoms with E-state index in [1.807, 2.05) is 13.8 Å². The molecule has 2 aromatic rings. The molecule has 0 bridgehead atoms. The lowest BCUT2D eigenvalue weighted by atomic mass is 10.1. The van der Waals surface area contributed by atoms with E-state index in [9.17, 15) is 18.0 Å². The summed E-state index contributed by atoms with van der Waals surface area (Å²) in [6.07, 6.45) is 0.724. The smallest absolute Gasteiger partial charge is 0.304 e. The Morgan fingerprint density at radius 3 is 2.17 bits per heavy atom. The molecule has 2 unspecified atom stereocenters. The number of carbonyl (C=O) groups is 2. The normalized spacial score (nSPS) is 13.3. The number of para-hydroxylation sites is 1. The van der Waals surface area contributed by atoms with E-state index in [1.54, 1.807) is 55.5 Å². The summed E-state index contributed by atoms with van der Waals surface area (Å²) >= 11 is 12.2. The van der Waals surface area contributed by atoms with Crippen molar-refractivity contribution < 1.29 is 18.0 Å². The number of benzene rings is 2.